The van der Waals surface area contributed by atoms with E-state index in [1.54, 1.807) is 0 Å². The second-order valence-corrected chi connectivity index (χ2v) is 13.5. The van der Waals surface area contributed by atoms with Gasteiger partial charge in [-0.25, -0.2) is 19.9 Å². The predicted octanol–water partition coefficient (Wildman–Crippen LogP) is 9.37. The minimum Gasteiger partial charge on any atom is -0.368 e. The van der Waals surface area contributed by atoms with Crippen molar-refractivity contribution in [1.29, 1.82) is 0 Å². The molecule has 0 unspecified atom stereocenters. The van der Waals surface area contributed by atoms with Crippen LogP contribution in [0.5, 0.6) is 0 Å². The van der Waals surface area contributed by atoms with Gasteiger partial charge in [0.2, 0.25) is 21.1 Å². The second kappa shape index (κ2) is 19.4. The summed E-state index contributed by atoms with van der Waals surface area (Å²) in [6, 6.07) is 0. The highest BCUT2D eigenvalue weighted by atomic mass is 35.5. The summed E-state index contributed by atoms with van der Waals surface area (Å²) in [5.41, 5.74) is 2.31. The normalized spacial score (nSPS) is 17.4. The van der Waals surface area contributed by atoms with Crippen molar-refractivity contribution >= 4 is 91.7 Å². The highest BCUT2D eigenvalue weighted by Crippen LogP contribution is 2.28. The first kappa shape index (κ1) is 36.5. The summed E-state index contributed by atoms with van der Waals surface area (Å²) in [6.07, 6.45) is 18.0. The number of hydrogen-bond donors (Lipinski definition) is 4. The van der Waals surface area contributed by atoms with Gasteiger partial charge in [0.15, 0.2) is 23.3 Å². The first-order chi connectivity index (χ1) is 23.5. The molecule has 5 heterocycles. The fraction of sp³-hybridized carbons (Fsp3) is 0.625. The fourth-order valence-electron chi connectivity index (χ4n) is 5.86. The molecule has 260 valence electrons. The van der Waals surface area contributed by atoms with E-state index in [1.807, 2.05) is 0 Å². The Labute approximate surface area is 301 Å². The molecule has 0 amide bonds. The SMILES string of the molecule is Clc1nc2c3nc(Cl)nc(c3n1)NCCCCCCCCCCNc1nc(Cl)nc3c(nc(Cl)nc13)NCCCCCCCCCCN2. The van der Waals surface area contributed by atoms with Gasteiger partial charge in [0.1, 0.15) is 22.1 Å². The van der Waals surface area contributed by atoms with Gasteiger partial charge in [0.05, 0.1) is 0 Å². The lowest BCUT2D eigenvalue weighted by atomic mass is 10.1. The Hall–Kier alpha value is -2.80. The molecule has 16 heteroatoms. The van der Waals surface area contributed by atoms with E-state index in [0.29, 0.717) is 45.3 Å². The van der Waals surface area contributed by atoms with Gasteiger partial charge in [-0.05, 0) is 72.1 Å². The molecule has 0 spiro atoms. The molecule has 1 aliphatic heterocycles. The third-order valence-electron chi connectivity index (χ3n) is 8.36. The summed E-state index contributed by atoms with van der Waals surface area (Å²) in [5.74, 6) is 2.34. The summed E-state index contributed by atoms with van der Waals surface area (Å²) >= 11 is 25.2. The predicted molar refractivity (Wildman–Crippen MR) is 198 cm³/mol. The van der Waals surface area contributed by atoms with E-state index in [2.05, 4.69) is 61.1 Å². The molecule has 1 aliphatic rings. The fourth-order valence-corrected chi connectivity index (χ4v) is 6.54. The Balaban J connectivity index is 1.17. The topological polar surface area (TPSA) is 151 Å². The van der Waals surface area contributed by atoms with E-state index in [-0.39, 0.29) is 21.1 Å². The first-order valence-electron chi connectivity index (χ1n) is 17.2. The van der Waals surface area contributed by atoms with Crippen LogP contribution in [0.1, 0.15) is 103 Å². The van der Waals surface area contributed by atoms with E-state index >= 15 is 0 Å². The van der Waals surface area contributed by atoms with Crippen molar-refractivity contribution in [1.82, 2.24) is 39.9 Å². The van der Waals surface area contributed by atoms with Crippen molar-refractivity contribution in [3.63, 3.8) is 0 Å². The van der Waals surface area contributed by atoms with Crippen LogP contribution in [-0.4, -0.2) is 66.1 Å². The maximum absolute atomic E-state index is 6.31. The number of nitrogens with one attached hydrogen (secondary N) is 4. The van der Waals surface area contributed by atoms with Crippen LogP contribution in [-0.2, 0) is 0 Å². The molecule has 48 heavy (non-hydrogen) atoms. The van der Waals surface area contributed by atoms with Gasteiger partial charge in [-0.15, -0.1) is 0 Å². The average Bonchev–Trinajstić information content (AvgIpc) is 3.05. The van der Waals surface area contributed by atoms with Crippen molar-refractivity contribution in [3.8, 4) is 0 Å². The van der Waals surface area contributed by atoms with E-state index in [0.717, 1.165) is 77.5 Å². The van der Waals surface area contributed by atoms with E-state index in [1.165, 1.54) is 51.4 Å². The van der Waals surface area contributed by atoms with E-state index in [9.17, 15) is 0 Å². The molecule has 5 rings (SSSR count). The van der Waals surface area contributed by atoms with Crippen molar-refractivity contribution in [2.24, 2.45) is 0 Å². The summed E-state index contributed by atoms with van der Waals surface area (Å²) in [5, 5.41) is 14.2. The van der Waals surface area contributed by atoms with E-state index in [4.69, 9.17) is 46.4 Å². The van der Waals surface area contributed by atoms with Crippen LogP contribution < -0.4 is 21.3 Å². The zero-order valence-electron chi connectivity index (χ0n) is 27.2. The van der Waals surface area contributed by atoms with Crippen molar-refractivity contribution in [2.45, 2.75) is 103 Å². The molecule has 4 aromatic heterocycles. The molecule has 12 nitrogen and oxygen atoms in total. The van der Waals surface area contributed by atoms with Crippen LogP contribution in [0.2, 0.25) is 21.1 Å². The summed E-state index contributed by atoms with van der Waals surface area (Å²) in [4.78, 5) is 35.3. The van der Waals surface area contributed by atoms with Crippen molar-refractivity contribution in [2.75, 3.05) is 47.4 Å². The lowest BCUT2D eigenvalue weighted by Crippen LogP contribution is -2.10. The van der Waals surface area contributed by atoms with Gasteiger partial charge in [0.25, 0.3) is 0 Å². The van der Waals surface area contributed by atoms with Crippen LogP contribution in [0.25, 0.3) is 22.1 Å². The summed E-state index contributed by atoms with van der Waals surface area (Å²) < 4.78 is 0. The molecule has 0 atom stereocenters. The number of aromatic nitrogens is 8. The Morgan fingerprint density at radius 3 is 0.667 bits per heavy atom. The molecule has 0 fully saturated rings. The number of anilines is 4. The molecule has 0 radical (unpaired) electrons. The number of rotatable bonds is 0. The molecule has 4 aromatic rings. The standard InChI is InChI=1S/C32H44Cl4N12/c33-29-42-22-21-25(45-29)37-17-13-9-5-1-2-6-10-14-18-38-26-23-24(44-31(35)46-26)28(48-32(36)43-23)40-20-16-12-8-4-3-7-11-15-19-39-27(22)47-30(34)41-21/h1-20H2,(H,37,42,45)(H,38,44,46)(H,39,41,47)(H,40,43,48). The largest absolute Gasteiger partial charge is 0.368 e. The van der Waals surface area contributed by atoms with Crippen LogP contribution in [0, 0.1) is 0 Å². The minimum atomic E-state index is 0.155. The van der Waals surface area contributed by atoms with Gasteiger partial charge < -0.3 is 21.3 Å². The molecule has 0 saturated heterocycles. The third-order valence-corrected chi connectivity index (χ3v) is 9.03. The summed E-state index contributed by atoms with van der Waals surface area (Å²) in [7, 11) is 0. The van der Waals surface area contributed by atoms with Crippen LogP contribution in [0.4, 0.5) is 23.3 Å². The van der Waals surface area contributed by atoms with Crippen LogP contribution in [0.15, 0.2) is 0 Å². The average molecular weight is 739 g/mol. The monoisotopic (exact) mass is 736 g/mol. The highest BCUT2D eigenvalue weighted by molar-refractivity contribution is 6.30. The lowest BCUT2D eigenvalue weighted by molar-refractivity contribution is 0.577. The molecule has 0 aromatic carbocycles. The Kier molecular flexibility index (Phi) is 14.7. The smallest absolute Gasteiger partial charge is 0.225 e. The van der Waals surface area contributed by atoms with Gasteiger partial charge >= 0.3 is 0 Å². The van der Waals surface area contributed by atoms with Gasteiger partial charge in [-0.2, -0.15) is 19.9 Å². The molecule has 0 saturated carbocycles. The summed E-state index contributed by atoms with van der Waals surface area (Å²) in [6.45, 7) is 3.03. The number of nitrogens with zero attached hydrogens (tertiary/aromatic N) is 8. The molecular formula is C32H44Cl4N12. The van der Waals surface area contributed by atoms with Crippen LogP contribution in [0.3, 0.4) is 0 Å². The Bertz CT molecular complexity index is 1390. The van der Waals surface area contributed by atoms with Gasteiger partial charge in [-0.3, -0.25) is 0 Å². The first-order valence-corrected chi connectivity index (χ1v) is 18.8. The molecule has 0 aliphatic carbocycles. The maximum Gasteiger partial charge on any atom is 0.225 e. The Morgan fingerprint density at radius 1 is 0.271 bits per heavy atom. The molecule has 8 bridgehead atoms. The highest BCUT2D eigenvalue weighted by Gasteiger charge is 2.16. The van der Waals surface area contributed by atoms with Gasteiger partial charge in [0, 0.05) is 26.2 Å². The third kappa shape index (κ3) is 11.1. The zero-order valence-corrected chi connectivity index (χ0v) is 30.3. The van der Waals surface area contributed by atoms with E-state index < -0.39 is 0 Å². The second-order valence-electron chi connectivity index (χ2n) is 12.1. The Morgan fingerprint density at radius 2 is 0.458 bits per heavy atom. The van der Waals surface area contributed by atoms with Crippen molar-refractivity contribution < 1.29 is 0 Å². The maximum atomic E-state index is 6.31. The lowest BCUT2D eigenvalue weighted by Gasteiger charge is -2.12. The van der Waals surface area contributed by atoms with Gasteiger partial charge in [-0.1, -0.05) is 77.0 Å². The molecule has 4 N–H and O–H groups in total. The quantitative estimate of drug-likeness (QED) is 0.127. The molecular weight excluding hydrogens is 694 g/mol. The number of hydrogen-bond acceptors (Lipinski definition) is 12. The number of halogens is 4. The van der Waals surface area contributed by atoms with Crippen molar-refractivity contribution in [3.05, 3.63) is 21.1 Å². The van der Waals surface area contributed by atoms with Crippen LogP contribution >= 0.6 is 46.4 Å². The minimum absolute atomic E-state index is 0.155. The zero-order chi connectivity index (χ0) is 33.6.